The van der Waals surface area contributed by atoms with Crippen LogP contribution in [0.15, 0.2) is 30.9 Å². The van der Waals surface area contributed by atoms with E-state index >= 15 is 0 Å². The number of hydrogen-bond acceptors (Lipinski definition) is 5. The highest BCUT2D eigenvalue weighted by atomic mass is 16.5. The van der Waals surface area contributed by atoms with E-state index in [4.69, 9.17) is 4.74 Å². The van der Waals surface area contributed by atoms with E-state index < -0.39 is 0 Å². The van der Waals surface area contributed by atoms with Gasteiger partial charge in [0.25, 0.3) is 0 Å². The summed E-state index contributed by atoms with van der Waals surface area (Å²) in [4.78, 5) is 12.2. The third-order valence-electron chi connectivity index (χ3n) is 2.44. The summed E-state index contributed by atoms with van der Waals surface area (Å²) in [6.07, 6.45) is 5.02. The Balaban J connectivity index is 2.09. The largest absolute Gasteiger partial charge is 0.481 e. The molecule has 2 heterocycles. The third kappa shape index (κ3) is 2.69. The van der Waals surface area contributed by atoms with Crippen LogP contribution in [0, 0.1) is 6.92 Å². The molecule has 0 atom stereocenters. The Kier molecular flexibility index (Phi) is 3.49. The van der Waals surface area contributed by atoms with Gasteiger partial charge in [0.15, 0.2) is 0 Å². The van der Waals surface area contributed by atoms with E-state index in [-0.39, 0.29) is 0 Å². The number of ether oxygens (including phenoxy) is 1. The summed E-state index contributed by atoms with van der Waals surface area (Å²) in [5, 5.41) is 3.25. The standard InChI is InChI=1S/C12H14N4O/c1-9-11(15-8-16-12(9)17-2)14-7-10-3-5-13-6-4-10/h3-6,8H,7H2,1-2H3,(H,14,15,16). The molecule has 88 valence electrons. The third-order valence-corrected chi connectivity index (χ3v) is 2.44. The van der Waals surface area contributed by atoms with Crippen LogP contribution in [0.4, 0.5) is 5.82 Å². The summed E-state index contributed by atoms with van der Waals surface area (Å²) in [6.45, 7) is 2.62. The lowest BCUT2D eigenvalue weighted by Crippen LogP contribution is -2.05. The fourth-order valence-corrected chi connectivity index (χ4v) is 1.50. The number of rotatable bonds is 4. The van der Waals surface area contributed by atoms with Crippen molar-refractivity contribution in [2.75, 3.05) is 12.4 Å². The molecule has 2 aromatic heterocycles. The van der Waals surface area contributed by atoms with Crippen molar-refractivity contribution in [1.82, 2.24) is 15.0 Å². The maximum atomic E-state index is 5.14. The van der Waals surface area contributed by atoms with Gasteiger partial charge >= 0.3 is 0 Å². The van der Waals surface area contributed by atoms with Crippen LogP contribution >= 0.6 is 0 Å². The highest BCUT2D eigenvalue weighted by molar-refractivity contribution is 5.47. The van der Waals surface area contributed by atoms with Crippen molar-refractivity contribution in [3.8, 4) is 5.88 Å². The maximum absolute atomic E-state index is 5.14. The Hall–Kier alpha value is -2.17. The first-order valence-corrected chi connectivity index (χ1v) is 5.29. The zero-order valence-corrected chi connectivity index (χ0v) is 9.84. The predicted molar refractivity (Wildman–Crippen MR) is 64.9 cm³/mol. The molecule has 0 aromatic carbocycles. The minimum Gasteiger partial charge on any atom is -0.481 e. The summed E-state index contributed by atoms with van der Waals surface area (Å²) in [5.41, 5.74) is 2.06. The summed E-state index contributed by atoms with van der Waals surface area (Å²) in [7, 11) is 1.60. The molecule has 0 saturated heterocycles. The molecule has 0 bridgehead atoms. The Morgan fingerprint density at radius 2 is 2.00 bits per heavy atom. The van der Waals surface area contributed by atoms with Gasteiger partial charge in [-0.25, -0.2) is 9.97 Å². The van der Waals surface area contributed by atoms with Gasteiger partial charge in [-0.15, -0.1) is 0 Å². The van der Waals surface area contributed by atoms with Gasteiger partial charge in [0.2, 0.25) is 5.88 Å². The van der Waals surface area contributed by atoms with E-state index in [0.717, 1.165) is 16.9 Å². The van der Waals surface area contributed by atoms with Gasteiger partial charge in [0.05, 0.1) is 12.7 Å². The van der Waals surface area contributed by atoms with Crippen molar-refractivity contribution in [3.63, 3.8) is 0 Å². The van der Waals surface area contributed by atoms with Crippen LogP contribution in [0.1, 0.15) is 11.1 Å². The SMILES string of the molecule is COc1ncnc(NCc2ccncc2)c1C. The molecule has 0 saturated carbocycles. The lowest BCUT2D eigenvalue weighted by Gasteiger charge is -2.10. The monoisotopic (exact) mass is 230 g/mol. The molecule has 0 amide bonds. The van der Waals surface area contributed by atoms with Crippen LogP contribution in [0.2, 0.25) is 0 Å². The van der Waals surface area contributed by atoms with Crippen molar-refractivity contribution in [2.45, 2.75) is 13.5 Å². The molecule has 1 N–H and O–H groups in total. The molecule has 0 aliphatic rings. The molecule has 0 unspecified atom stereocenters. The Morgan fingerprint density at radius 3 is 2.71 bits per heavy atom. The topological polar surface area (TPSA) is 59.9 Å². The summed E-state index contributed by atoms with van der Waals surface area (Å²) < 4.78 is 5.14. The van der Waals surface area contributed by atoms with Crippen LogP contribution in [-0.2, 0) is 6.54 Å². The molecule has 17 heavy (non-hydrogen) atoms. The fourth-order valence-electron chi connectivity index (χ4n) is 1.50. The van der Waals surface area contributed by atoms with Crippen LogP contribution < -0.4 is 10.1 Å². The number of nitrogens with zero attached hydrogens (tertiary/aromatic N) is 3. The van der Waals surface area contributed by atoms with E-state index in [9.17, 15) is 0 Å². The van der Waals surface area contributed by atoms with Gasteiger partial charge in [-0.1, -0.05) is 0 Å². The highest BCUT2D eigenvalue weighted by Gasteiger charge is 2.06. The van der Waals surface area contributed by atoms with E-state index in [1.54, 1.807) is 19.5 Å². The summed E-state index contributed by atoms with van der Waals surface area (Å²) in [6, 6.07) is 3.92. The van der Waals surface area contributed by atoms with Gasteiger partial charge in [0.1, 0.15) is 12.1 Å². The van der Waals surface area contributed by atoms with Crippen molar-refractivity contribution in [3.05, 3.63) is 42.0 Å². The summed E-state index contributed by atoms with van der Waals surface area (Å²) >= 11 is 0. The van der Waals surface area contributed by atoms with Crippen molar-refractivity contribution >= 4 is 5.82 Å². The van der Waals surface area contributed by atoms with Crippen molar-refractivity contribution in [1.29, 1.82) is 0 Å². The Bertz CT molecular complexity index is 487. The normalized spacial score (nSPS) is 10.0. The number of aromatic nitrogens is 3. The van der Waals surface area contributed by atoms with E-state index in [0.29, 0.717) is 12.4 Å². The minimum atomic E-state index is 0.595. The first-order valence-electron chi connectivity index (χ1n) is 5.29. The number of pyridine rings is 1. The molecule has 0 fully saturated rings. The molecular formula is C12H14N4O. The van der Waals surface area contributed by atoms with Gasteiger partial charge < -0.3 is 10.1 Å². The Labute approximate surface area is 99.9 Å². The summed E-state index contributed by atoms with van der Waals surface area (Å²) in [5.74, 6) is 1.38. The van der Waals surface area contributed by atoms with E-state index in [1.807, 2.05) is 19.1 Å². The molecule has 2 rings (SSSR count). The quantitative estimate of drug-likeness (QED) is 0.867. The second-order valence-electron chi connectivity index (χ2n) is 3.57. The van der Waals surface area contributed by atoms with Crippen molar-refractivity contribution in [2.24, 2.45) is 0 Å². The second-order valence-corrected chi connectivity index (χ2v) is 3.57. The maximum Gasteiger partial charge on any atom is 0.221 e. The lowest BCUT2D eigenvalue weighted by atomic mass is 10.2. The van der Waals surface area contributed by atoms with Crippen LogP contribution in [0.5, 0.6) is 5.88 Å². The molecule has 5 nitrogen and oxygen atoms in total. The van der Waals surface area contributed by atoms with Gasteiger partial charge in [-0.05, 0) is 24.6 Å². The molecule has 0 aliphatic carbocycles. The van der Waals surface area contributed by atoms with Crippen LogP contribution in [0.3, 0.4) is 0 Å². The zero-order chi connectivity index (χ0) is 12.1. The van der Waals surface area contributed by atoms with Gasteiger partial charge in [-0.2, -0.15) is 0 Å². The smallest absolute Gasteiger partial charge is 0.221 e. The van der Waals surface area contributed by atoms with Gasteiger partial charge in [0, 0.05) is 18.9 Å². The number of nitrogens with one attached hydrogen (secondary N) is 1. The van der Waals surface area contributed by atoms with Gasteiger partial charge in [-0.3, -0.25) is 4.98 Å². The molecular weight excluding hydrogens is 216 g/mol. The van der Waals surface area contributed by atoms with Crippen molar-refractivity contribution < 1.29 is 4.74 Å². The molecule has 2 aromatic rings. The Morgan fingerprint density at radius 1 is 1.24 bits per heavy atom. The van der Waals surface area contributed by atoms with Crippen LogP contribution in [0.25, 0.3) is 0 Å². The van der Waals surface area contributed by atoms with E-state index in [2.05, 4.69) is 20.3 Å². The number of methoxy groups -OCH3 is 1. The fraction of sp³-hybridized carbons (Fsp3) is 0.250. The molecule has 0 aliphatic heterocycles. The highest BCUT2D eigenvalue weighted by Crippen LogP contribution is 2.20. The molecule has 5 heteroatoms. The second kappa shape index (κ2) is 5.25. The number of anilines is 1. The zero-order valence-electron chi connectivity index (χ0n) is 9.84. The predicted octanol–water partition coefficient (Wildman–Crippen LogP) is 1.80. The molecule has 0 radical (unpaired) electrons. The average molecular weight is 230 g/mol. The van der Waals surface area contributed by atoms with Crippen LogP contribution in [-0.4, -0.2) is 22.1 Å². The number of hydrogen-bond donors (Lipinski definition) is 1. The first-order chi connectivity index (χ1) is 8.31. The average Bonchev–Trinajstić information content (AvgIpc) is 2.39. The first kappa shape index (κ1) is 11.3. The minimum absolute atomic E-state index is 0.595. The molecule has 0 spiro atoms. The lowest BCUT2D eigenvalue weighted by molar-refractivity contribution is 0.393. The van der Waals surface area contributed by atoms with E-state index in [1.165, 1.54) is 6.33 Å².